The van der Waals surface area contributed by atoms with E-state index in [1.807, 2.05) is 18.2 Å². The van der Waals surface area contributed by atoms with E-state index >= 15 is 0 Å². The molecule has 0 fully saturated rings. The summed E-state index contributed by atoms with van der Waals surface area (Å²) >= 11 is 0. The van der Waals surface area contributed by atoms with Gasteiger partial charge >= 0.3 is 0 Å². The Labute approximate surface area is 68.7 Å². The van der Waals surface area contributed by atoms with Crippen LogP contribution in [0.3, 0.4) is 0 Å². The number of hydrogen-bond acceptors (Lipinski definition) is 1. The topological polar surface area (TPSA) is 3.24 Å². The highest BCUT2D eigenvalue weighted by Crippen LogP contribution is 2.10. The van der Waals surface area contributed by atoms with Crippen molar-refractivity contribution in [2.45, 2.75) is 13.8 Å². The largest absolute Gasteiger partial charge is 0.372 e. The lowest BCUT2D eigenvalue weighted by atomic mass is 10.3. The number of benzene rings is 1. The normalized spacial score (nSPS) is 9.64. The molecular weight excluding hydrogens is 134 g/mol. The van der Waals surface area contributed by atoms with Gasteiger partial charge in [0.25, 0.3) is 0 Å². The molecule has 0 aliphatic heterocycles. The second-order valence-corrected chi connectivity index (χ2v) is 2.42. The summed E-state index contributed by atoms with van der Waals surface area (Å²) in [5, 5.41) is 0. The Balaban J connectivity index is 2.74. The fourth-order valence-corrected chi connectivity index (χ4v) is 1.14. The summed E-state index contributed by atoms with van der Waals surface area (Å²) in [4.78, 5) is 2.28. The monoisotopic (exact) mass is 148 g/mol. The minimum Gasteiger partial charge on any atom is -0.372 e. The maximum Gasteiger partial charge on any atom is 0.0446 e. The molecule has 0 spiro atoms. The summed E-state index contributed by atoms with van der Waals surface area (Å²) < 4.78 is 0. The fourth-order valence-electron chi connectivity index (χ4n) is 1.14. The highest BCUT2D eigenvalue weighted by Gasteiger charge is 1.97. The van der Waals surface area contributed by atoms with E-state index in [0.717, 1.165) is 13.1 Å². The van der Waals surface area contributed by atoms with E-state index < -0.39 is 0 Å². The molecule has 0 amide bonds. The highest BCUT2D eigenvalue weighted by molar-refractivity contribution is 5.44. The van der Waals surface area contributed by atoms with Crippen molar-refractivity contribution in [3.05, 3.63) is 30.3 Å². The Kier molecular flexibility index (Phi) is 2.96. The summed E-state index contributed by atoms with van der Waals surface area (Å²) in [6, 6.07) is 11.3. The van der Waals surface area contributed by atoms with Gasteiger partial charge in [0, 0.05) is 24.8 Å². The van der Waals surface area contributed by atoms with Crippen LogP contribution in [-0.4, -0.2) is 13.1 Å². The Morgan fingerprint density at radius 3 is 2.45 bits per heavy atom. The zero-order valence-electron chi connectivity index (χ0n) is 7.17. The van der Waals surface area contributed by atoms with Gasteiger partial charge in [0.1, 0.15) is 0 Å². The van der Waals surface area contributed by atoms with Crippen LogP contribution < -0.4 is 4.90 Å². The van der Waals surface area contributed by atoms with Crippen molar-refractivity contribution in [2.24, 2.45) is 0 Å². The number of hydrogen-bond donors (Lipinski definition) is 0. The van der Waals surface area contributed by atoms with Crippen molar-refractivity contribution in [2.75, 3.05) is 18.0 Å². The lowest BCUT2D eigenvalue weighted by Gasteiger charge is -2.19. The molecule has 1 aromatic carbocycles. The second-order valence-electron chi connectivity index (χ2n) is 2.42. The van der Waals surface area contributed by atoms with Crippen LogP contribution in [0.5, 0.6) is 0 Å². The van der Waals surface area contributed by atoms with E-state index in [-0.39, 0.29) is 0 Å². The van der Waals surface area contributed by atoms with Crippen LogP contribution in [0.4, 0.5) is 5.69 Å². The standard InChI is InChI=1S/C10H14N/c1-3-11(4-2)10-8-6-5-7-9-10/h5-8H,3-4H2,1-2H3. The summed E-state index contributed by atoms with van der Waals surface area (Å²) in [5.41, 5.74) is 1.19. The second kappa shape index (κ2) is 4.02. The first-order chi connectivity index (χ1) is 5.38. The Bertz CT molecular complexity index is 189. The van der Waals surface area contributed by atoms with Gasteiger partial charge in [-0.25, -0.2) is 0 Å². The molecule has 0 saturated carbocycles. The lowest BCUT2D eigenvalue weighted by Crippen LogP contribution is -2.21. The molecule has 1 aromatic rings. The predicted molar refractivity (Wildman–Crippen MR) is 48.8 cm³/mol. The van der Waals surface area contributed by atoms with Crippen molar-refractivity contribution in [1.82, 2.24) is 0 Å². The molecule has 0 N–H and O–H groups in total. The molecule has 1 radical (unpaired) electrons. The Hall–Kier alpha value is -0.980. The molecule has 1 rings (SSSR count). The van der Waals surface area contributed by atoms with Gasteiger partial charge in [-0.1, -0.05) is 18.2 Å². The Morgan fingerprint density at radius 2 is 2.00 bits per heavy atom. The molecule has 11 heavy (non-hydrogen) atoms. The zero-order chi connectivity index (χ0) is 8.10. The molecule has 0 aliphatic rings. The SMILES string of the molecule is CCN(CC)c1[c]cccc1. The van der Waals surface area contributed by atoms with Crippen molar-refractivity contribution in [3.63, 3.8) is 0 Å². The molecule has 1 nitrogen and oxygen atoms in total. The van der Waals surface area contributed by atoms with Crippen molar-refractivity contribution in [1.29, 1.82) is 0 Å². The molecule has 0 saturated heterocycles. The average molecular weight is 148 g/mol. The van der Waals surface area contributed by atoms with Crippen LogP contribution in [-0.2, 0) is 0 Å². The first kappa shape index (κ1) is 8.12. The van der Waals surface area contributed by atoms with Crippen LogP contribution in [0, 0.1) is 6.07 Å². The van der Waals surface area contributed by atoms with E-state index in [1.165, 1.54) is 5.69 Å². The summed E-state index contributed by atoms with van der Waals surface area (Å²) in [6.07, 6.45) is 0. The molecule has 0 bridgehead atoms. The third kappa shape index (κ3) is 1.97. The van der Waals surface area contributed by atoms with Gasteiger partial charge in [0.2, 0.25) is 0 Å². The quantitative estimate of drug-likeness (QED) is 0.636. The Morgan fingerprint density at radius 1 is 1.27 bits per heavy atom. The van der Waals surface area contributed by atoms with Crippen molar-refractivity contribution < 1.29 is 0 Å². The maximum absolute atomic E-state index is 3.20. The summed E-state index contributed by atoms with van der Waals surface area (Å²) in [5.74, 6) is 0. The number of para-hydroxylation sites is 1. The van der Waals surface area contributed by atoms with Gasteiger partial charge in [-0.3, -0.25) is 0 Å². The van der Waals surface area contributed by atoms with E-state index in [2.05, 4.69) is 30.9 Å². The minimum atomic E-state index is 1.05. The number of rotatable bonds is 3. The average Bonchev–Trinajstić information content (AvgIpc) is 2.09. The molecule has 0 unspecified atom stereocenters. The third-order valence-electron chi connectivity index (χ3n) is 1.80. The molecular formula is C10H14N. The lowest BCUT2D eigenvalue weighted by molar-refractivity contribution is 0.865. The van der Waals surface area contributed by atoms with Crippen LogP contribution in [0.2, 0.25) is 0 Å². The maximum atomic E-state index is 3.20. The van der Waals surface area contributed by atoms with Gasteiger partial charge in [-0.15, -0.1) is 0 Å². The van der Waals surface area contributed by atoms with E-state index in [4.69, 9.17) is 0 Å². The number of nitrogens with zero attached hydrogens (tertiary/aromatic N) is 1. The third-order valence-corrected chi connectivity index (χ3v) is 1.80. The highest BCUT2D eigenvalue weighted by atomic mass is 15.1. The molecule has 1 heteroatoms. The fraction of sp³-hybridized carbons (Fsp3) is 0.400. The van der Waals surface area contributed by atoms with Crippen LogP contribution in [0.25, 0.3) is 0 Å². The molecule has 0 heterocycles. The smallest absolute Gasteiger partial charge is 0.0446 e. The van der Waals surface area contributed by atoms with Gasteiger partial charge in [0.15, 0.2) is 0 Å². The van der Waals surface area contributed by atoms with Gasteiger partial charge in [-0.05, 0) is 19.9 Å². The van der Waals surface area contributed by atoms with Crippen molar-refractivity contribution in [3.8, 4) is 0 Å². The first-order valence-electron chi connectivity index (χ1n) is 4.10. The summed E-state index contributed by atoms with van der Waals surface area (Å²) in [6.45, 7) is 6.42. The zero-order valence-corrected chi connectivity index (χ0v) is 7.17. The molecule has 0 aliphatic carbocycles. The first-order valence-corrected chi connectivity index (χ1v) is 4.10. The van der Waals surface area contributed by atoms with E-state index in [0.29, 0.717) is 0 Å². The molecule has 0 atom stereocenters. The number of anilines is 1. The molecule has 0 aromatic heterocycles. The van der Waals surface area contributed by atoms with E-state index in [9.17, 15) is 0 Å². The van der Waals surface area contributed by atoms with Crippen LogP contribution in [0.15, 0.2) is 24.3 Å². The van der Waals surface area contributed by atoms with Crippen molar-refractivity contribution >= 4 is 5.69 Å². The summed E-state index contributed by atoms with van der Waals surface area (Å²) in [7, 11) is 0. The van der Waals surface area contributed by atoms with Gasteiger partial charge in [0.05, 0.1) is 0 Å². The van der Waals surface area contributed by atoms with Gasteiger partial charge < -0.3 is 4.90 Å². The van der Waals surface area contributed by atoms with Crippen LogP contribution in [0.1, 0.15) is 13.8 Å². The molecule has 59 valence electrons. The van der Waals surface area contributed by atoms with Gasteiger partial charge in [-0.2, -0.15) is 0 Å². The predicted octanol–water partition coefficient (Wildman–Crippen LogP) is 2.33. The van der Waals surface area contributed by atoms with E-state index in [1.54, 1.807) is 0 Å². The minimum absolute atomic E-state index is 1.05. The van der Waals surface area contributed by atoms with Crippen LogP contribution >= 0.6 is 0 Å².